The number of sulfone groups is 1. The number of carbonyl (C=O) groups is 2. The lowest BCUT2D eigenvalue weighted by Crippen LogP contribution is -2.49. The van der Waals surface area contributed by atoms with Crippen LogP contribution in [0.1, 0.15) is 15.9 Å². The summed E-state index contributed by atoms with van der Waals surface area (Å²) in [6.45, 7) is 2.66. The van der Waals surface area contributed by atoms with Gasteiger partial charge in [-0.3, -0.25) is 19.8 Å². The van der Waals surface area contributed by atoms with Crippen molar-refractivity contribution in [2.45, 2.75) is 11.4 Å². The van der Waals surface area contributed by atoms with E-state index in [9.17, 15) is 28.1 Å². The molecule has 1 saturated heterocycles. The number of nitro benzene ring substituents is 1. The number of esters is 1. The van der Waals surface area contributed by atoms with Crippen molar-refractivity contribution in [2.75, 3.05) is 39.0 Å². The maximum absolute atomic E-state index is 12.4. The topological polar surface area (TPSA) is 127 Å². The van der Waals surface area contributed by atoms with Crippen LogP contribution in [-0.4, -0.2) is 74.1 Å². The van der Waals surface area contributed by atoms with Gasteiger partial charge in [-0.1, -0.05) is 30.3 Å². The van der Waals surface area contributed by atoms with Crippen molar-refractivity contribution in [3.05, 3.63) is 69.8 Å². The maximum atomic E-state index is 12.4. The number of carbonyl (C=O) groups excluding carboxylic acids is 2. The van der Waals surface area contributed by atoms with E-state index in [0.29, 0.717) is 26.2 Å². The van der Waals surface area contributed by atoms with Gasteiger partial charge in [0.2, 0.25) is 0 Å². The number of nitro groups is 1. The van der Waals surface area contributed by atoms with Crippen LogP contribution in [0.5, 0.6) is 0 Å². The SMILES string of the molecule is CS(=O)(=O)c1ccc(C(=O)OCC(=O)N2CCN(Cc3ccccc3)CC2)cc1[N+](=O)[O-]. The molecule has 10 nitrogen and oxygen atoms in total. The van der Waals surface area contributed by atoms with Crippen molar-refractivity contribution in [3.8, 4) is 0 Å². The standard InChI is InChI=1S/C21H23N3O7S/c1-32(29,30)19-8-7-17(13-18(19)24(27)28)21(26)31-15-20(25)23-11-9-22(10-12-23)14-16-5-3-2-4-6-16/h2-8,13H,9-12,14-15H2,1H3. The Morgan fingerprint density at radius 2 is 1.72 bits per heavy atom. The Hall–Kier alpha value is -3.31. The Bertz CT molecular complexity index is 1110. The first-order valence-electron chi connectivity index (χ1n) is 9.85. The Balaban J connectivity index is 1.53. The molecule has 32 heavy (non-hydrogen) atoms. The van der Waals surface area contributed by atoms with Crippen LogP contribution in [0.25, 0.3) is 0 Å². The third-order valence-electron chi connectivity index (χ3n) is 5.09. The quantitative estimate of drug-likeness (QED) is 0.345. The Morgan fingerprint density at radius 3 is 2.31 bits per heavy atom. The number of amides is 1. The minimum Gasteiger partial charge on any atom is -0.452 e. The van der Waals surface area contributed by atoms with E-state index < -0.39 is 37.9 Å². The van der Waals surface area contributed by atoms with E-state index in [-0.39, 0.29) is 11.5 Å². The summed E-state index contributed by atoms with van der Waals surface area (Å²) in [5, 5.41) is 11.2. The molecule has 0 spiro atoms. The summed E-state index contributed by atoms with van der Waals surface area (Å²) in [6.07, 6.45) is 0.839. The molecule has 3 rings (SSSR count). The van der Waals surface area contributed by atoms with Crippen molar-refractivity contribution < 1.29 is 27.7 Å². The average Bonchev–Trinajstić information content (AvgIpc) is 2.77. The number of piperazine rings is 1. The summed E-state index contributed by atoms with van der Waals surface area (Å²) in [6, 6.07) is 13.0. The largest absolute Gasteiger partial charge is 0.452 e. The van der Waals surface area contributed by atoms with Gasteiger partial charge in [0.05, 0.1) is 10.5 Å². The first kappa shape index (κ1) is 23.4. The highest BCUT2D eigenvalue weighted by Gasteiger charge is 2.26. The molecular weight excluding hydrogens is 438 g/mol. The lowest BCUT2D eigenvalue weighted by molar-refractivity contribution is -0.387. The van der Waals surface area contributed by atoms with Crippen LogP contribution in [0, 0.1) is 10.1 Å². The van der Waals surface area contributed by atoms with Gasteiger partial charge in [-0.05, 0) is 17.7 Å². The van der Waals surface area contributed by atoms with E-state index in [4.69, 9.17) is 4.74 Å². The molecule has 2 aromatic carbocycles. The first-order chi connectivity index (χ1) is 15.1. The van der Waals surface area contributed by atoms with Gasteiger partial charge in [-0.15, -0.1) is 0 Å². The predicted molar refractivity (Wildman–Crippen MR) is 115 cm³/mol. The third kappa shape index (κ3) is 5.89. The second kappa shape index (κ2) is 9.88. The highest BCUT2D eigenvalue weighted by molar-refractivity contribution is 7.90. The number of hydrogen-bond donors (Lipinski definition) is 0. The van der Waals surface area contributed by atoms with Crippen LogP contribution in [-0.2, 0) is 25.9 Å². The van der Waals surface area contributed by atoms with Crippen LogP contribution in [0.15, 0.2) is 53.4 Å². The summed E-state index contributed by atoms with van der Waals surface area (Å²) < 4.78 is 28.4. The smallest absolute Gasteiger partial charge is 0.338 e. The zero-order chi connectivity index (χ0) is 23.3. The Morgan fingerprint density at radius 1 is 1.06 bits per heavy atom. The Labute approximate surface area is 185 Å². The van der Waals surface area contributed by atoms with Gasteiger partial charge < -0.3 is 9.64 Å². The Kier molecular flexibility index (Phi) is 7.21. The molecule has 2 aromatic rings. The van der Waals surface area contributed by atoms with Crippen molar-refractivity contribution in [1.82, 2.24) is 9.80 Å². The fourth-order valence-corrected chi connectivity index (χ4v) is 4.23. The number of nitrogens with zero attached hydrogens (tertiary/aromatic N) is 3. The second-order valence-electron chi connectivity index (χ2n) is 7.43. The van der Waals surface area contributed by atoms with E-state index >= 15 is 0 Å². The highest BCUT2D eigenvalue weighted by atomic mass is 32.2. The molecule has 0 N–H and O–H groups in total. The van der Waals surface area contributed by atoms with E-state index in [1.165, 1.54) is 5.56 Å². The summed E-state index contributed by atoms with van der Waals surface area (Å²) in [4.78, 5) is 38.3. The fourth-order valence-electron chi connectivity index (χ4n) is 3.40. The van der Waals surface area contributed by atoms with Gasteiger partial charge in [0.15, 0.2) is 16.4 Å². The summed E-state index contributed by atoms with van der Waals surface area (Å²) in [7, 11) is -3.84. The number of rotatable bonds is 7. The molecule has 170 valence electrons. The van der Waals surface area contributed by atoms with Crippen molar-refractivity contribution >= 4 is 27.4 Å². The molecule has 0 unspecified atom stereocenters. The molecule has 0 aromatic heterocycles. The molecule has 0 atom stereocenters. The second-order valence-corrected chi connectivity index (χ2v) is 9.41. The van der Waals surface area contributed by atoms with Crippen LogP contribution in [0.2, 0.25) is 0 Å². The molecular formula is C21H23N3O7S. The molecule has 0 aliphatic carbocycles. The number of hydrogen-bond acceptors (Lipinski definition) is 8. The molecule has 1 aliphatic rings. The van der Waals surface area contributed by atoms with Crippen molar-refractivity contribution in [3.63, 3.8) is 0 Å². The van der Waals surface area contributed by atoms with Gasteiger partial charge in [0.25, 0.3) is 11.6 Å². The fraction of sp³-hybridized carbons (Fsp3) is 0.333. The van der Waals surface area contributed by atoms with Gasteiger partial charge in [0.1, 0.15) is 4.90 Å². The van der Waals surface area contributed by atoms with Crippen LogP contribution in [0.3, 0.4) is 0 Å². The maximum Gasteiger partial charge on any atom is 0.338 e. The molecule has 1 aliphatic heterocycles. The lowest BCUT2D eigenvalue weighted by Gasteiger charge is -2.34. The zero-order valence-corrected chi connectivity index (χ0v) is 18.3. The molecule has 1 fully saturated rings. The third-order valence-corrected chi connectivity index (χ3v) is 6.24. The molecule has 1 amide bonds. The molecule has 1 heterocycles. The molecule has 0 bridgehead atoms. The van der Waals surface area contributed by atoms with Crippen molar-refractivity contribution in [2.24, 2.45) is 0 Å². The van der Waals surface area contributed by atoms with Gasteiger partial charge >= 0.3 is 5.97 Å². The minimum absolute atomic E-state index is 0.204. The minimum atomic E-state index is -3.84. The lowest BCUT2D eigenvalue weighted by atomic mass is 10.2. The summed E-state index contributed by atoms with van der Waals surface area (Å²) in [5.41, 5.74) is 0.268. The van der Waals surface area contributed by atoms with Crippen molar-refractivity contribution in [1.29, 1.82) is 0 Å². The van der Waals surface area contributed by atoms with E-state index in [1.807, 2.05) is 30.3 Å². The molecule has 0 radical (unpaired) electrons. The predicted octanol–water partition coefficient (Wildman–Crippen LogP) is 1.50. The van der Waals surface area contributed by atoms with Crippen LogP contribution >= 0.6 is 0 Å². The van der Waals surface area contributed by atoms with E-state index in [0.717, 1.165) is 31.0 Å². The monoisotopic (exact) mass is 461 g/mol. The summed E-state index contributed by atoms with van der Waals surface area (Å²) >= 11 is 0. The molecule has 11 heteroatoms. The zero-order valence-electron chi connectivity index (χ0n) is 17.5. The first-order valence-corrected chi connectivity index (χ1v) is 11.7. The van der Waals surface area contributed by atoms with Gasteiger partial charge in [0, 0.05) is 45.0 Å². The average molecular weight is 461 g/mol. The highest BCUT2D eigenvalue weighted by Crippen LogP contribution is 2.25. The van der Waals surface area contributed by atoms with Crippen LogP contribution in [0.4, 0.5) is 5.69 Å². The number of ether oxygens (including phenoxy) is 1. The van der Waals surface area contributed by atoms with Crippen LogP contribution < -0.4 is 0 Å². The van der Waals surface area contributed by atoms with E-state index in [2.05, 4.69) is 4.90 Å². The normalized spacial score (nSPS) is 14.7. The van der Waals surface area contributed by atoms with E-state index in [1.54, 1.807) is 4.90 Å². The van der Waals surface area contributed by atoms with Gasteiger partial charge in [-0.25, -0.2) is 13.2 Å². The number of benzene rings is 2. The molecule has 0 saturated carbocycles. The van der Waals surface area contributed by atoms with Gasteiger partial charge in [-0.2, -0.15) is 0 Å². The summed E-state index contributed by atoms with van der Waals surface area (Å²) in [5.74, 6) is -1.30.